The highest BCUT2D eigenvalue weighted by Gasteiger charge is 2.38. The van der Waals surface area contributed by atoms with E-state index in [1.807, 2.05) is 56.3 Å². The first kappa shape index (κ1) is 30.1. The number of benzene rings is 2. The molecule has 2 rings (SSSR count). The van der Waals surface area contributed by atoms with Gasteiger partial charge in [0.25, 0.3) is 0 Å². The third-order valence-electron chi connectivity index (χ3n) is 5.63. The number of hydrazine groups is 1. The predicted molar refractivity (Wildman–Crippen MR) is 149 cm³/mol. The van der Waals surface area contributed by atoms with Crippen LogP contribution >= 0.6 is 0 Å². The van der Waals surface area contributed by atoms with Crippen LogP contribution in [-0.2, 0) is 24.3 Å². The van der Waals surface area contributed by atoms with Crippen LogP contribution in [0, 0.1) is 24.7 Å². The summed E-state index contributed by atoms with van der Waals surface area (Å²) in [6.07, 6.45) is 5.43. The fraction of sp³-hybridized carbons (Fsp3) is 0.448. The van der Waals surface area contributed by atoms with Crippen molar-refractivity contribution in [2.75, 3.05) is 10.7 Å². The Labute approximate surface area is 221 Å². The van der Waals surface area contributed by atoms with Crippen LogP contribution in [0.1, 0.15) is 58.6 Å². The molecule has 202 valence electrons. The maximum Gasteiger partial charge on any atom is 0.310 e. The second kappa shape index (κ2) is 12.9. The van der Waals surface area contributed by atoms with Gasteiger partial charge in [0.05, 0.1) is 23.8 Å². The average molecular weight is 529 g/mol. The molecule has 0 aliphatic carbocycles. The maximum atomic E-state index is 13.7. The molecule has 0 saturated carbocycles. The van der Waals surface area contributed by atoms with Crippen molar-refractivity contribution >= 4 is 33.7 Å². The smallest absolute Gasteiger partial charge is 0.310 e. The maximum absolute atomic E-state index is 13.7. The Morgan fingerprint density at radius 1 is 1.00 bits per heavy atom. The Kier molecular flexibility index (Phi) is 10.5. The van der Waals surface area contributed by atoms with Gasteiger partial charge < -0.3 is 4.74 Å². The van der Waals surface area contributed by atoms with Crippen LogP contribution in [0.3, 0.4) is 0 Å². The summed E-state index contributed by atoms with van der Waals surface area (Å²) >= 11 is 0. The fourth-order valence-electron chi connectivity index (χ4n) is 3.98. The number of sulfonamides is 1. The third-order valence-corrected chi connectivity index (χ3v) is 6.59. The Morgan fingerprint density at radius 2 is 1.59 bits per heavy atom. The van der Waals surface area contributed by atoms with Gasteiger partial charge in [-0.25, -0.2) is 8.42 Å². The minimum Gasteiger partial charge on any atom is -0.460 e. The average Bonchev–Trinajstić information content (AvgIpc) is 2.78. The van der Waals surface area contributed by atoms with Crippen molar-refractivity contribution in [2.45, 2.75) is 60.0 Å². The molecule has 0 heterocycles. The molecule has 0 unspecified atom stereocenters. The van der Waals surface area contributed by atoms with E-state index in [4.69, 9.17) is 4.74 Å². The highest BCUT2D eigenvalue weighted by molar-refractivity contribution is 7.92. The van der Waals surface area contributed by atoms with Crippen LogP contribution in [-0.4, -0.2) is 32.2 Å². The zero-order valence-electron chi connectivity index (χ0n) is 22.9. The lowest BCUT2D eigenvalue weighted by Crippen LogP contribution is -2.51. The van der Waals surface area contributed by atoms with Gasteiger partial charge in [-0.2, -0.15) is 4.41 Å². The molecule has 7 nitrogen and oxygen atoms in total. The number of allylic oxidation sites excluding steroid dienone is 1. The molecule has 0 aliphatic heterocycles. The fourth-order valence-corrected chi connectivity index (χ4v) is 4.79. The van der Waals surface area contributed by atoms with Gasteiger partial charge >= 0.3 is 5.97 Å². The molecule has 0 aromatic heterocycles. The zero-order chi connectivity index (χ0) is 27.8. The standard InChI is InChI=1S/C29H40N2O5S/c1-21(2)20-25(27(32)30-31(37(7,34)35)26-19-12-11-14-22(26)3)24(28(33)36-29(4,5)6)18-13-17-23-15-9-8-10-16-23/h8-17,19,21,24-25H,18,20H2,1-7H3,(H,30,32)/b17-13+/t24-,25+/m0/s1. The molecular weight excluding hydrogens is 488 g/mol. The summed E-state index contributed by atoms with van der Waals surface area (Å²) in [6.45, 7) is 11.0. The minimum absolute atomic E-state index is 0.0731. The Bertz CT molecular complexity index is 1180. The van der Waals surface area contributed by atoms with E-state index in [1.165, 1.54) is 0 Å². The van der Waals surface area contributed by atoms with E-state index in [9.17, 15) is 18.0 Å². The van der Waals surface area contributed by atoms with Crippen molar-refractivity contribution in [2.24, 2.45) is 17.8 Å². The van der Waals surface area contributed by atoms with E-state index >= 15 is 0 Å². The van der Waals surface area contributed by atoms with Crippen molar-refractivity contribution < 1.29 is 22.7 Å². The molecule has 0 bridgehead atoms. The highest BCUT2D eigenvalue weighted by Crippen LogP contribution is 2.29. The monoisotopic (exact) mass is 528 g/mol. The number of hydrogen-bond acceptors (Lipinski definition) is 5. The summed E-state index contributed by atoms with van der Waals surface area (Å²) < 4.78 is 32.0. The molecule has 8 heteroatoms. The number of ether oxygens (including phenoxy) is 1. The summed E-state index contributed by atoms with van der Waals surface area (Å²) in [5.74, 6) is -2.59. The lowest BCUT2D eigenvalue weighted by atomic mass is 9.82. The summed E-state index contributed by atoms with van der Waals surface area (Å²) in [5, 5.41) is 0. The lowest BCUT2D eigenvalue weighted by molar-refractivity contribution is -0.164. The van der Waals surface area contributed by atoms with E-state index in [0.29, 0.717) is 17.7 Å². The Morgan fingerprint density at radius 3 is 2.14 bits per heavy atom. The van der Waals surface area contributed by atoms with Crippen LogP contribution in [0.4, 0.5) is 5.69 Å². The second-order valence-corrected chi connectivity index (χ2v) is 12.5. The normalized spacial score (nSPS) is 13.8. The second-order valence-electron chi connectivity index (χ2n) is 10.7. The van der Waals surface area contributed by atoms with Gasteiger partial charge in [0.1, 0.15) is 5.60 Å². The largest absolute Gasteiger partial charge is 0.460 e. The van der Waals surface area contributed by atoms with Crippen molar-refractivity contribution in [3.63, 3.8) is 0 Å². The number of hydrogen-bond donors (Lipinski definition) is 1. The number of nitrogens with one attached hydrogen (secondary N) is 1. The first-order chi connectivity index (χ1) is 17.2. The molecule has 2 aromatic rings. The summed E-state index contributed by atoms with van der Waals surface area (Å²) in [5.41, 5.74) is 3.86. The van der Waals surface area contributed by atoms with Crippen molar-refractivity contribution in [1.82, 2.24) is 5.43 Å². The van der Waals surface area contributed by atoms with Crippen LogP contribution in [0.25, 0.3) is 6.08 Å². The topological polar surface area (TPSA) is 92.8 Å². The van der Waals surface area contributed by atoms with Crippen LogP contribution in [0.2, 0.25) is 0 Å². The Balaban J connectivity index is 2.45. The molecule has 0 fully saturated rings. The van der Waals surface area contributed by atoms with Gasteiger partial charge in [0.15, 0.2) is 0 Å². The summed E-state index contributed by atoms with van der Waals surface area (Å²) in [7, 11) is -3.85. The van der Waals surface area contributed by atoms with Gasteiger partial charge in [-0.15, -0.1) is 0 Å². The number of nitrogens with zero attached hydrogens (tertiary/aromatic N) is 1. The van der Waals surface area contributed by atoms with E-state index in [0.717, 1.165) is 16.2 Å². The van der Waals surface area contributed by atoms with Crippen LogP contribution < -0.4 is 9.84 Å². The minimum atomic E-state index is -3.85. The predicted octanol–water partition coefficient (Wildman–Crippen LogP) is 5.52. The number of para-hydroxylation sites is 1. The van der Waals surface area contributed by atoms with Crippen molar-refractivity contribution in [1.29, 1.82) is 0 Å². The molecular formula is C29H40N2O5S. The van der Waals surface area contributed by atoms with E-state index in [1.54, 1.807) is 52.0 Å². The lowest BCUT2D eigenvalue weighted by Gasteiger charge is -2.31. The van der Waals surface area contributed by atoms with Crippen LogP contribution in [0.15, 0.2) is 60.7 Å². The first-order valence-electron chi connectivity index (χ1n) is 12.5. The molecule has 37 heavy (non-hydrogen) atoms. The number of amides is 1. The molecule has 0 aliphatic rings. The van der Waals surface area contributed by atoms with Crippen molar-refractivity contribution in [3.05, 3.63) is 71.8 Å². The molecule has 2 atom stereocenters. The van der Waals surface area contributed by atoms with Gasteiger partial charge in [-0.05, 0) is 63.6 Å². The highest BCUT2D eigenvalue weighted by atomic mass is 32.2. The Hall–Kier alpha value is -3.13. The summed E-state index contributed by atoms with van der Waals surface area (Å²) in [4.78, 5) is 27.1. The van der Waals surface area contributed by atoms with E-state index in [-0.39, 0.29) is 12.3 Å². The zero-order valence-corrected chi connectivity index (χ0v) is 23.7. The number of rotatable bonds is 11. The number of esters is 1. The SMILES string of the molecule is Cc1ccccc1N(NC(=O)[C@H](CC(C)C)[C@H](C/C=C/c1ccccc1)C(=O)OC(C)(C)C)S(C)(=O)=O. The van der Waals surface area contributed by atoms with Gasteiger partial charge in [-0.3, -0.25) is 15.0 Å². The quantitative estimate of drug-likeness (QED) is 0.306. The van der Waals surface area contributed by atoms with Gasteiger partial charge in [-0.1, -0.05) is 74.5 Å². The van der Waals surface area contributed by atoms with Gasteiger partial charge in [0.2, 0.25) is 15.9 Å². The third kappa shape index (κ3) is 9.69. The number of carbonyl (C=O) groups excluding carboxylic acids is 2. The number of anilines is 1. The molecule has 1 amide bonds. The van der Waals surface area contributed by atoms with Gasteiger partial charge in [0, 0.05) is 0 Å². The molecule has 0 spiro atoms. The number of carbonyl (C=O) groups is 2. The van der Waals surface area contributed by atoms with Crippen LogP contribution in [0.5, 0.6) is 0 Å². The van der Waals surface area contributed by atoms with E-state index in [2.05, 4.69) is 5.43 Å². The summed E-state index contributed by atoms with van der Waals surface area (Å²) in [6, 6.07) is 16.6. The first-order valence-corrected chi connectivity index (χ1v) is 14.3. The molecule has 0 radical (unpaired) electrons. The van der Waals surface area contributed by atoms with Crippen molar-refractivity contribution in [3.8, 4) is 0 Å². The number of aryl methyl sites for hydroxylation is 1. The molecule has 0 saturated heterocycles. The molecule has 2 aromatic carbocycles. The van der Waals surface area contributed by atoms with E-state index < -0.39 is 39.3 Å². The molecule has 1 N–H and O–H groups in total.